The molecule has 0 aliphatic rings. The molecule has 0 fully saturated rings. The smallest absolute Gasteiger partial charge is 0.115 e. The van der Waals surface area contributed by atoms with Crippen LogP contribution >= 0.6 is 12.4 Å². The van der Waals surface area contributed by atoms with Crippen LogP contribution in [0.4, 0.5) is 0 Å². The zero-order chi connectivity index (χ0) is 12.4. The number of para-hydroxylation sites is 1. The van der Waals surface area contributed by atoms with Gasteiger partial charge in [0.1, 0.15) is 5.75 Å². The van der Waals surface area contributed by atoms with Crippen LogP contribution < -0.4 is 0 Å². The molecule has 1 heterocycles. The number of rotatable bonds is 3. The average Bonchev–Trinajstić information content (AvgIpc) is 2.82. The first-order valence-electron chi connectivity index (χ1n) is 6.01. The van der Waals surface area contributed by atoms with Crippen LogP contribution in [-0.2, 0) is 13.0 Å². The number of aromatic nitrogens is 2. The minimum absolute atomic E-state index is 0. The maximum atomic E-state index is 9.23. The third-order valence-electron chi connectivity index (χ3n) is 3.10. The highest BCUT2D eigenvalue weighted by Crippen LogP contribution is 2.14. The Kier molecular flexibility index (Phi) is 4.07. The van der Waals surface area contributed by atoms with Gasteiger partial charge in [-0.05, 0) is 30.2 Å². The summed E-state index contributed by atoms with van der Waals surface area (Å²) in [5.74, 6) is 0.309. The molecule has 1 N–H and O–H groups in total. The topological polar surface area (TPSA) is 38.0 Å². The van der Waals surface area contributed by atoms with Crippen LogP contribution in [0.15, 0.2) is 54.7 Å². The van der Waals surface area contributed by atoms with Crippen LogP contribution in [0.25, 0.3) is 10.9 Å². The number of aromatic hydroxyl groups is 1. The molecule has 1 aromatic heterocycles. The zero-order valence-corrected chi connectivity index (χ0v) is 11.2. The molecular formula is C15H15ClN2O. The van der Waals surface area contributed by atoms with Crippen molar-refractivity contribution in [3.05, 3.63) is 60.3 Å². The molecule has 4 heteroatoms. The van der Waals surface area contributed by atoms with Gasteiger partial charge in [0.2, 0.25) is 0 Å². The number of phenols is 1. The minimum atomic E-state index is 0. The van der Waals surface area contributed by atoms with Gasteiger partial charge in [0.25, 0.3) is 0 Å². The first-order valence-corrected chi connectivity index (χ1v) is 6.01. The Balaban J connectivity index is 0.00000133. The quantitative estimate of drug-likeness (QED) is 0.795. The van der Waals surface area contributed by atoms with Crippen LogP contribution in [0.5, 0.6) is 5.75 Å². The summed E-state index contributed by atoms with van der Waals surface area (Å²) in [7, 11) is 0. The lowest BCUT2D eigenvalue weighted by Gasteiger charge is -2.04. The average molecular weight is 275 g/mol. The Morgan fingerprint density at radius 2 is 1.74 bits per heavy atom. The molecule has 0 aliphatic heterocycles. The standard InChI is InChI=1S/C15H14N2O.ClH/c18-14-7-5-12(6-8-14)9-10-17-15-4-2-1-3-13(15)11-16-17;/h1-8,11,18H,9-10H2;1H. The van der Waals surface area contributed by atoms with Crippen molar-refractivity contribution in [1.82, 2.24) is 9.78 Å². The summed E-state index contributed by atoms with van der Waals surface area (Å²) >= 11 is 0. The lowest BCUT2D eigenvalue weighted by molar-refractivity contribution is 0.475. The highest BCUT2D eigenvalue weighted by molar-refractivity contribution is 5.85. The van der Waals surface area contributed by atoms with Crippen LogP contribution in [0.2, 0.25) is 0 Å². The molecule has 98 valence electrons. The first kappa shape index (κ1) is 13.4. The van der Waals surface area contributed by atoms with Gasteiger partial charge in [0.15, 0.2) is 0 Å². The third-order valence-corrected chi connectivity index (χ3v) is 3.10. The van der Waals surface area contributed by atoms with E-state index in [4.69, 9.17) is 0 Å². The maximum Gasteiger partial charge on any atom is 0.115 e. The van der Waals surface area contributed by atoms with Gasteiger partial charge in [0.05, 0.1) is 11.7 Å². The SMILES string of the molecule is Cl.Oc1ccc(CCn2ncc3ccccc32)cc1. The Labute approximate surface area is 117 Å². The van der Waals surface area contributed by atoms with Gasteiger partial charge in [0, 0.05) is 11.9 Å². The normalized spacial score (nSPS) is 10.3. The second kappa shape index (κ2) is 5.76. The number of benzene rings is 2. The highest BCUT2D eigenvalue weighted by atomic mass is 35.5. The zero-order valence-electron chi connectivity index (χ0n) is 10.4. The lowest BCUT2D eigenvalue weighted by Crippen LogP contribution is -2.02. The Morgan fingerprint density at radius 3 is 2.53 bits per heavy atom. The van der Waals surface area contributed by atoms with E-state index in [1.165, 1.54) is 10.9 Å². The number of halogens is 1. The monoisotopic (exact) mass is 274 g/mol. The van der Waals surface area contributed by atoms with E-state index in [1.807, 2.05) is 35.1 Å². The predicted molar refractivity (Wildman–Crippen MR) is 78.8 cm³/mol. The molecule has 3 aromatic rings. The van der Waals surface area contributed by atoms with Crippen molar-refractivity contribution >= 4 is 23.3 Å². The van der Waals surface area contributed by atoms with Gasteiger partial charge in [-0.15, -0.1) is 12.4 Å². The molecule has 19 heavy (non-hydrogen) atoms. The Morgan fingerprint density at radius 1 is 1.00 bits per heavy atom. The highest BCUT2D eigenvalue weighted by Gasteiger charge is 2.01. The molecule has 0 saturated carbocycles. The predicted octanol–water partition coefficient (Wildman–Crippen LogP) is 3.41. The van der Waals surface area contributed by atoms with E-state index in [1.54, 1.807) is 12.1 Å². The fourth-order valence-corrected chi connectivity index (χ4v) is 2.10. The summed E-state index contributed by atoms with van der Waals surface area (Å²) in [5.41, 5.74) is 2.36. The molecule has 0 bridgehead atoms. The van der Waals surface area contributed by atoms with Crippen LogP contribution in [0, 0.1) is 0 Å². The van der Waals surface area contributed by atoms with Crippen LogP contribution in [0.3, 0.4) is 0 Å². The van der Waals surface area contributed by atoms with Crippen molar-refractivity contribution in [3.8, 4) is 5.75 Å². The molecule has 3 nitrogen and oxygen atoms in total. The van der Waals surface area contributed by atoms with Gasteiger partial charge in [-0.3, -0.25) is 4.68 Å². The largest absolute Gasteiger partial charge is 0.508 e. The van der Waals surface area contributed by atoms with Crippen molar-refractivity contribution in [2.24, 2.45) is 0 Å². The number of aryl methyl sites for hydroxylation is 2. The molecule has 0 aliphatic carbocycles. The van der Waals surface area contributed by atoms with E-state index >= 15 is 0 Å². The van der Waals surface area contributed by atoms with Crippen molar-refractivity contribution in [3.63, 3.8) is 0 Å². The first-order chi connectivity index (χ1) is 8.83. The van der Waals surface area contributed by atoms with Crippen molar-refractivity contribution < 1.29 is 5.11 Å². The van der Waals surface area contributed by atoms with Crippen LogP contribution in [-0.4, -0.2) is 14.9 Å². The summed E-state index contributed by atoms with van der Waals surface area (Å²) in [6.07, 6.45) is 2.80. The number of phenolic OH excluding ortho intramolecular Hbond substituents is 1. The van der Waals surface area contributed by atoms with E-state index in [9.17, 15) is 5.11 Å². The van der Waals surface area contributed by atoms with E-state index in [-0.39, 0.29) is 12.4 Å². The summed E-state index contributed by atoms with van der Waals surface area (Å²) < 4.78 is 2.02. The van der Waals surface area contributed by atoms with Gasteiger partial charge < -0.3 is 5.11 Å². The summed E-state index contributed by atoms with van der Waals surface area (Å²) in [5, 5.41) is 14.8. The van der Waals surface area contributed by atoms with Crippen LogP contribution in [0.1, 0.15) is 5.56 Å². The lowest BCUT2D eigenvalue weighted by atomic mass is 10.1. The Hall–Kier alpha value is -2.00. The van der Waals surface area contributed by atoms with Crippen molar-refractivity contribution in [2.45, 2.75) is 13.0 Å². The maximum absolute atomic E-state index is 9.23. The molecular weight excluding hydrogens is 260 g/mol. The second-order valence-electron chi connectivity index (χ2n) is 4.34. The van der Waals surface area contributed by atoms with E-state index in [0.717, 1.165) is 18.5 Å². The van der Waals surface area contributed by atoms with Gasteiger partial charge in [-0.25, -0.2) is 0 Å². The van der Waals surface area contributed by atoms with Crippen molar-refractivity contribution in [1.29, 1.82) is 0 Å². The van der Waals surface area contributed by atoms with E-state index in [0.29, 0.717) is 5.75 Å². The summed E-state index contributed by atoms with van der Waals surface area (Å²) in [6, 6.07) is 15.5. The van der Waals surface area contributed by atoms with Gasteiger partial charge >= 0.3 is 0 Å². The molecule has 2 aromatic carbocycles. The fraction of sp³-hybridized carbons (Fsp3) is 0.133. The molecule has 0 saturated heterocycles. The number of hydrogen-bond acceptors (Lipinski definition) is 2. The van der Waals surface area contributed by atoms with Gasteiger partial charge in [-0.2, -0.15) is 5.10 Å². The Bertz CT molecular complexity index is 661. The molecule has 0 atom stereocenters. The third kappa shape index (κ3) is 2.88. The number of nitrogens with zero attached hydrogens (tertiary/aromatic N) is 2. The minimum Gasteiger partial charge on any atom is -0.508 e. The van der Waals surface area contributed by atoms with Gasteiger partial charge in [-0.1, -0.05) is 30.3 Å². The van der Waals surface area contributed by atoms with E-state index in [2.05, 4.69) is 17.2 Å². The number of hydrogen-bond donors (Lipinski definition) is 1. The second-order valence-corrected chi connectivity index (χ2v) is 4.34. The molecule has 0 radical (unpaired) electrons. The fourth-order valence-electron chi connectivity index (χ4n) is 2.10. The van der Waals surface area contributed by atoms with Crippen molar-refractivity contribution in [2.75, 3.05) is 0 Å². The van der Waals surface area contributed by atoms with E-state index < -0.39 is 0 Å². The summed E-state index contributed by atoms with van der Waals surface area (Å²) in [4.78, 5) is 0. The molecule has 0 unspecified atom stereocenters. The number of fused-ring (bicyclic) bond motifs is 1. The molecule has 0 amide bonds. The summed E-state index contributed by atoms with van der Waals surface area (Å²) in [6.45, 7) is 0.846. The molecule has 3 rings (SSSR count). The molecule has 0 spiro atoms.